The van der Waals surface area contributed by atoms with Crippen molar-refractivity contribution < 1.29 is 42.5 Å². The van der Waals surface area contributed by atoms with Crippen LogP contribution in [0.5, 0.6) is 0 Å². The van der Waals surface area contributed by atoms with Gasteiger partial charge in [-0.3, -0.25) is 0 Å². The Morgan fingerprint density at radius 3 is 2.00 bits per heavy atom. The molecule has 0 unspecified atom stereocenters. The third-order valence-electron chi connectivity index (χ3n) is 1.65. The van der Waals surface area contributed by atoms with Gasteiger partial charge in [0.05, 0.1) is 10.6 Å². The number of nitrogens with zero attached hydrogens (tertiary/aromatic N) is 5. The van der Waals surface area contributed by atoms with E-state index < -0.39 is 10.1 Å². The second kappa shape index (κ2) is 4.97. The van der Waals surface area contributed by atoms with Gasteiger partial charge in [0.2, 0.25) is 0 Å². The minimum absolute atomic E-state index is 0. The Morgan fingerprint density at radius 2 is 1.56 bits per heavy atom. The summed E-state index contributed by atoms with van der Waals surface area (Å²) in [4.78, 5) is 0.792. The van der Waals surface area contributed by atoms with Crippen molar-refractivity contribution in [2.24, 2.45) is 0 Å². The molecule has 1 aromatic carbocycles. The van der Waals surface area contributed by atoms with Crippen LogP contribution in [0.1, 0.15) is 0 Å². The molecule has 1 aromatic heterocycles. The predicted octanol–water partition coefficient (Wildman–Crippen LogP) is -4.03. The molecule has 0 N–H and O–H groups in total. The number of hydrogen-bond acceptors (Lipinski definition) is 7. The number of benzene rings is 1. The molecule has 16 heavy (non-hydrogen) atoms. The van der Waals surface area contributed by atoms with Crippen molar-refractivity contribution in [3.05, 3.63) is 24.3 Å². The maximum Gasteiger partial charge on any atom is 1.00 e. The fourth-order valence-corrected chi connectivity index (χ4v) is 1.45. The summed E-state index contributed by atoms with van der Waals surface area (Å²) < 4.78 is 31.8. The molecule has 0 aliphatic carbocycles. The van der Waals surface area contributed by atoms with E-state index in [1.807, 2.05) is 0 Å². The zero-order chi connectivity index (χ0) is 10.9. The van der Waals surface area contributed by atoms with Crippen LogP contribution in [0, 0.1) is 0 Å². The van der Waals surface area contributed by atoms with E-state index in [0.29, 0.717) is 5.69 Å². The fraction of sp³-hybridized carbons (Fsp3) is 0. The van der Waals surface area contributed by atoms with E-state index in [0.717, 1.165) is 4.80 Å². The fourth-order valence-electron chi connectivity index (χ4n) is 0.979. The summed E-state index contributed by atoms with van der Waals surface area (Å²) in [5.41, 5.74) is 0.465. The van der Waals surface area contributed by atoms with Gasteiger partial charge in [-0.2, -0.15) is 0 Å². The largest absolute Gasteiger partial charge is 1.00 e. The van der Waals surface area contributed by atoms with Crippen LogP contribution in [0.2, 0.25) is 0 Å². The van der Waals surface area contributed by atoms with Crippen LogP contribution in [0.3, 0.4) is 0 Å². The van der Waals surface area contributed by atoms with Gasteiger partial charge < -0.3 is 4.55 Å². The maximum absolute atomic E-state index is 10.6. The van der Waals surface area contributed by atoms with Crippen molar-refractivity contribution >= 4 is 10.1 Å². The summed E-state index contributed by atoms with van der Waals surface area (Å²) in [6.07, 6.45) is 0. The van der Waals surface area contributed by atoms with Crippen LogP contribution in [0.25, 0.3) is 5.69 Å². The first-order valence-corrected chi connectivity index (χ1v) is 5.16. The van der Waals surface area contributed by atoms with Crippen molar-refractivity contribution in [3.63, 3.8) is 0 Å². The summed E-state index contributed by atoms with van der Waals surface area (Å²) in [5.74, 6) is 0. The summed E-state index contributed by atoms with van der Waals surface area (Å²) in [6.45, 7) is 0. The Morgan fingerprint density at radius 1 is 1.06 bits per heavy atom. The average molecular weight is 249 g/mol. The third-order valence-corrected chi connectivity index (χ3v) is 2.50. The van der Waals surface area contributed by atoms with Gasteiger partial charge in [0.1, 0.15) is 10.1 Å². The van der Waals surface area contributed by atoms with Crippen LogP contribution < -0.4 is 29.6 Å². The molecule has 0 radical (unpaired) electrons. The minimum atomic E-state index is -4.42. The van der Waals surface area contributed by atoms with Gasteiger partial charge >= 0.3 is 29.6 Å². The van der Waals surface area contributed by atoms with E-state index in [2.05, 4.69) is 20.9 Å². The number of aromatic nitrogens is 5. The Labute approximate surface area is 113 Å². The Hall–Kier alpha value is -0.870. The summed E-state index contributed by atoms with van der Waals surface area (Å²) in [7, 11) is -4.42. The van der Waals surface area contributed by atoms with Crippen LogP contribution in [0.4, 0.5) is 0 Å². The summed E-state index contributed by atoms with van der Waals surface area (Å²) >= 11 is 0. The van der Waals surface area contributed by atoms with Crippen LogP contribution in [0.15, 0.2) is 29.2 Å². The maximum atomic E-state index is 10.6. The molecule has 0 atom stereocenters. The zero-order valence-corrected chi connectivity index (χ0v) is 11.0. The molecule has 2 aromatic rings. The SMILES string of the molecule is O=S(=O)([O-])c1ccc(-n2nnnn2)cc1.[Na+]. The molecule has 10 heteroatoms. The van der Waals surface area contributed by atoms with Gasteiger partial charge in [-0.1, -0.05) is 0 Å². The minimum Gasteiger partial charge on any atom is -0.744 e. The number of hydrogen-bond donors (Lipinski definition) is 0. The number of rotatable bonds is 2. The molecular weight excluding hydrogens is 245 g/mol. The first-order valence-electron chi connectivity index (χ1n) is 3.75. The quantitative estimate of drug-likeness (QED) is 0.393. The third kappa shape index (κ3) is 2.83. The van der Waals surface area contributed by atoms with Gasteiger partial charge in [-0.05, 0) is 45.1 Å². The molecule has 78 valence electrons. The van der Waals surface area contributed by atoms with Gasteiger partial charge in [0.25, 0.3) is 0 Å². The van der Waals surface area contributed by atoms with E-state index in [-0.39, 0.29) is 34.5 Å². The van der Waals surface area contributed by atoms with Crippen LogP contribution >= 0.6 is 0 Å². The second-order valence-electron chi connectivity index (χ2n) is 2.60. The monoisotopic (exact) mass is 249 g/mol. The topological polar surface area (TPSA) is 114 Å². The molecule has 8 nitrogen and oxygen atoms in total. The van der Waals surface area contributed by atoms with E-state index in [1.165, 1.54) is 24.3 Å². The normalized spacial score (nSPS) is 10.8. The van der Waals surface area contributed by atoms with E-state index in [9.17, 15) is 13.0 Å². The Balaban J connectivity index is 0.00000128. The molecule has 1 heterocycles. The molecular formula is C6H4N5NaO3S. The molecule has 0 saturated carbocycles. The smallest absolute Gasteiger partial charge is 0.744 e. The second-order valence-corrected chi connectivity index (χ2v) is 3.97. The van der Waals surface area contributed by atoms with Gasteiger partial charge in [-0.15, -0.1) is 4.80 Å². The van der Waals surface area contributed by atoms with E-state index in [4.69, 9.17) is 0 Å². The molecule has 0 aliphatic rings. The van der Waals surface area contributed by atoms with Crippen LogP contribution in [-0.2, 0) is 10.1 Å². The molecule has 0 saturated heterocycles. The van der Waals surface area contributed by atoms with Crippen molar-refractivity contribution in [1.29, 1.82) is 0 Å². The predicted molar refractivity (Wildman–Crippen MR) is 44.9 cm³/mol. The standard InChI is InChI=1S/C6H5N5O3S.Na/c12-15(13,14)6-3-1-5(2-4-6)11-9-7-8-10-11;/h1-4H,(H,12,13,14);/q;+1/p-1. The first-order chi connectivity index (χ1) is 7.07. The van der Waals surface area contributed by atoms with Gasteiger partial charge in [-0.25, -0.2) is 8.42 Å². The van der Waals surface area contributed by atoms with Gasteiger partial charge in [0.15, 0.2) is 0 Å². The molecule has 0 amide bonds. The van der Waals surface area contributed by atoms with E-state index >= 15 is 0 Å². The molecule has 0 bridgehead atoms. The van der Waals surface area contributed by atoms with Crippen molar-refractivity contribution in [3.8, 4) is 5.69 Å². The Bertz CT molecular complexity index is 552. The Kier molecular flexibility index (Phi) is 4.10. The summed E-state index contributed by atoms with van der Waals surface area (Å²) in [6, 6.07) is 5.10. The van der Waals surface area contributed by atoms with E-state index in [1.54, 1.807) is 0 Å². The van der Waals surface area contributed by atoms with Crippen molar-refractivity contribution in [1.82, 2.24) is 25.7 Å². The van der Waals surface area contributed by atoms with Crippen molar-refractivity contribution in [2.45, 2.75) is 4.90 Å². The molecule has 0 spiro atoms. The summed E-state index contributed by atoms with van der Waals surface area (Å²) in [5, 5.41) is 13.5. The van der Waals surface area contributed by atoms with Gasteiger partial charge in [0, 0.05) is 0 Å². The molecule has 0 fully saturated rings. The zero-order valence-electron chi connectivity index (χ0n) is 8.18. The van der Waals surface area contributed by atoms with Crippen LogP contribution in [-0.4, -0.2) is 38.6 Å². The molecule has 0 aliphatic heterocycles. The first kappa shape index (κ1) is 13.2. The average Bonchev–Trinajstić information content (AvgIpc) is 2.69. The van der Waals surface area contributed by atoms with Crippen molar-refractivity contribution in [2.75, 3.05) is 0 Å². The molecule has 2 rings (SSSR count).